The molecule has 2 aromatic rings. The molecule has 5 heteroatoms. The fourth-order valence-corrected chi connectivity index (χ4v) is 2.79. The maximum Gasteiger partial charge on any atom is 0.245 e. The Balaban J connectivity index is 1.73. The number of rotatable bonds is 4. The minimum atomic E-state index is -1.43. The monoisotopic (exact) mass is 328 g/mol. The van der Waals surface area contributed by atoms with Crippen molar-refractivity contribution < 1.29 is 9.90 Å². The van der Waals surface area contributed by atoms with E-state index in [0.29, 0.717) is 17.0 Å². The molecule has 1 aliphatic heterocycles. The second kappa shape index (κ2) is 6.52. The molecular weight excluding hydrogens is 312 g/mol. The summed E-state index contributed by atoms with van der Waals surface area (Å²) < 4.78 is 0. The van der Waals surface area contributed by atoms with E-state index in [1.54, 1.807) is 30.5 Å². The van der Waals surface area contributed by atoms with E-state index >= 15 is 0 Å². The quantitative estimate of drug-likeness (QED) is 0.936. The molecule has 0 aliphatic carbocycles. The first-order chi connectivity index (χ1) is 11.1. The molecule has 0 saturated carbocycles. The molecule has 2 aromatic carbocycles. The molecular formula is C18H17ClN2O2. The number of nitrogens with zero attached hydrogens (tertiary/aromatic N) is 2. The third-order valence-electron chi connectivity index (χ3n) is 3.94. The molecule has 1 amide bonds. The van der Waals surface area contributed by atoms with Gasteiger partial charge < -0.3 is 5.11 Å². The average Bonchev–Trinajstić information content (AvgIpc) is 2.97. The number of amides is 1. The highest BCUT2D eigenvalue weighted by atomic mass is 35.5. The van der Waals surface area contributed by atoms with Crippen LogP contribution in [0.5, 0.6) is 0 Å². The van der Waals surface area contributed by atoms with Crippen molar-refractivity contribution in [1.29, 1.82) is 0 Å². The zero-order chi connectivity index (χ0) is 16.3. The van der Waals surface area contributed by atoms with Crippen LogP contribution in [0.4, 0.5) is 0 Å². The van der Waals surface area contributed by atoms with Crippen molar-refractivity contribution >= 4 is 23.7 Å². The minimum absolute atomic E-state index is 0.208. The van der Waals surface area contributed by atoms with Crippen LogP contribution < -0.4 is 0 Å². The van der Waals surface area contributed by atoms with Gasteiger partial charge in [0.1, 0.15) is 0 Å². The number of hydrazone groups is 1. The van der Waals surface area contributed by atoms with Crippen LogP contribution in [0.25, 0.3) is 0 Å². The van der Waals surface area contributed by atoms with Crippen LogP contribution in [0.15, 0.2) is 59.7 Å². The fourth-order valence-electron chi connectivity index (χ4n) is 2.66. The van der Waals surface area contributed by atoms with E-state index in [1.165, 1.54) is 5.01 Å². The van der Waals surface area contributed by atoms with Gasteiger partial charge in [-0.3, -0.25) is 4.79 Å². The van der Waals surface area contributed by atoms with Gasteiger partial charge in [0.25, 0.3) is 0 Å². The zero-order valence-corrected chi connectivity index (χ0v) is 13.3. The second-order valence-electron chi connectivity index (χ2n) is 5.52. The molecule has 3 rings (SSSR count). The minimum Gasteiger partial charge on any atom is -0.365 e. The van der Waals surface area contributed by atoms with Crippen molar-refractivity contribution in [2.45, 2.75) is 25.0 Å². The summed E-state index contributed by atoms with van der Waals surface area (Å²) in [6, 6.07) is 16.6. The molecule has 4 nitrogen and oxygen atoms in total. The Bertz CT molecular complexity index is 716. The number of carbonyl (C=O) groups excluding carboxylic acids is 1. The van der Waals surface area contributed by atoms with E-state index in [2.05, 4.69) is 5.10 Å². The third kappa shape index (κ3) is 3.28. The number of hydrogen-bond donors (Lipinski definition) is 1. The first kappa shape index (κ1) is 15.7. The van der Waals surface area contributed by atoms with Crippen LogP contribution in [0, 0.1) is 0 Å². The maximum absolute atomic E-state index is 12.5. The van der Waals surface area contributed by atoms with Gasteiger partial charge in [-0.1, -0.05) is 54.1 Å². The molecule has 1 N–H and O–H groups in total. The Hall–Kier alpha value is -2.17. The molecule has 1 aliphatic rings. The number of aryl methyl sites for hydroxylation is 1. The Labute approximate surface area is 140 Å². The molecule has 1 atom stereocenters. The molecule has 0 spiro atoms. The molecule has 23 heavy (non-hydrogen) atoms. The number of hydrogen-bond acceptors (Lipinski definition) is 3. The van der Waals surface area contributed by atoms with Crippen LogP contribution in [-0.4, -0.2) is 22.2 Å². The first-order valence-electron chi connectivity index (χ1n) is 7.47. The molecule has 0 unspecified atom stereocenters. The molecule has 0 aromatic heterocycles. The van der Waals surface area contributed by atoms with Crippen LogP contribution in [-0.2, 0) is 16.9 Å². The van der Waals surface area contributed by atoms with Gasteiger partial charge in [-0.05, 0) is 24.1 Å². The third-order valence-corrected chi connectivity index (χ3v) is 4.19. The zero-order valence-electron chi connectivity index (χ0n) is 12.5. The maximum atomic E-state index is 12.5. The second-order valence-corrected chi connectivity index (χ2v) is 5.95. The lowest BCUT2D eigenvalue weighted by Gasteiger charge is -2.31. The smallest absolute Gasteiger partial charge is 0.245 e. The number of benzene rings is 2. The van der Waals surface area contributed by atoms with E-state index in [9.17, 15) is 9.90 Å². The summed E-state index contributed by atoms with van der Waals surface area (Å²) in [5.41, 5.74) is 0.254. The van der Waals surface area contributed by atoms with Gasteiger partial charge in [-0.2, -0.15) is 10.1 Å². The van der Waals surface area contributed by atoms with Crippen LogP contribution >= 0.6 is 11.6 Å². The van der Waals surface area contributed by atoms with Crippen LogP contribution in [0.1, 0.15) is 24.0 Å². The normalized spacial score (nSPS) is 20.0. The Morgan fingerprint density at radius 3 is 2.57 bits per heavy atom. The van der Waals surface area contributed by atoms with E-state index in [1.807, 2.05) is 30.3 Å². The highest BCUT2D eigenvalue weighted by Crippen LogP contribution is 2.34. The molecule has 0 saturated heterocycles. The Morgan fingerprint density at radius 1 is 1.17 bits per heavy atom. The van der Waals surface area contributed by atoms with Crippen molar-refractivity contribution in [3.63, 3.8) is 0 Å². The Kier molecular flexibility index (Phi) is 4.46. The van der Waals surface area contributed by atoms with E-state index in [4.69, 9.17) is 11.6 Å². The largest absolute Gasteiger partial charge is 0.365 e. The van der Waals surface area contributed by atoms with Crippen molar-refractivity contribution in [1.82, 2.24) is 5.01 Å². The molecule has 0 bridgehead atoms. The van der Waals surface area contributed by atoms with Gasteiger partial charge in [0.2, 0.25) is 5.91 Å². The summed E-state index contributed by atoms with van der Waals surface area (Å²) in [5.74, 6) is -0.208. The molecule has 118 valence electrons. The van der Waals surface area contributed by atoms with Crippen molar-refractivity contribution in [3.05, 3.63) is 70.7 Å². The molecule has 0 radical (unpaired) electrons. The topological polar surface area (TPSA) is 52.9 Å². The van der Waals surface area contributed by atoms with E-state index < -0.39 is 5.72 Å². The Morgan fingerprint density at radius 2 is 1.87 bits per heavy atom. The van der Waals surface area contributed by atoms with Crippen molar-refractivity contribution in [3.8, 4) is 0 Å². The number of halogens is 1. The fraction of sp³-hybridized carbons (Fsp3) is 0.222. The highest BCUT2D eigenvalue weighted by molar-refractivity contribution is 6.30. The molecule has 1 heterocycles. The summed E-state index contributed by atoms with van der Waals surface area (Å²) in [7, 11) is 0. The predicted octanol–water partition coefficient (Wildman–Crippen LogP) is 3.34. The molecule has 0 fully saturated rings. The SMILES string of the molecule is O=C(CCc1ccccc1)N1N=CC[C@]1(O)c1ccc(Cl)cc1. The number of aliphatic hydroxyl groups is 1. The lowest BCUT2D eigenvalue weighted by atomic mass is 9.99. The summed E-state index contributed by atoms with van der Waals surface area (Å²) >= 11 is 5.89. The highest BCUT2D eigenvalue weighted by Gasteiger charge is 2.42. The van der Waals surface area contributed by atoms with Gasteiger partial charge in [-0.25, -0.2) is 0 Å². The summed E-state index contributed by atoms with van der Waals surface area (Å²) in [5, 5.41) is 16.8. The summed E-state index contributed by atoms with van der Waals surface area (Å²) in [6.45, 7) is 0. The summed E-state index contributed by atoms with van der Waals surface area (Å²) in [4.78, 5) is 12.5. The first-order valence-corrected chi connectivity index (χ1v) is 7.85. The van der Waals surface area contributed by atoms with Gasteiger partial charge in [0, 0.05) is 29.6 Å². The number of carbonyl (C=O) groups is 1. The lowest BCUT2D eigenvalue weighted by molar-refractivity contribution is -0.157. The van der Waals surface area contributed by atoms with Crippen molar-refractivity contribution in [2.24, 2.45) is 5.10 Å². The van der Waals surface area contributed by atoms with Crippen LogP contribution in [0.2, 0.25) is 5.02 Å². The average molecular weight is 329 g/mol. The van der Waals surface area contributed by atoms with Gasteiger partial charge in [0.15, 0.2) is 5.72 Å². The van der Waals surface area contributed by atoms with Gasteiger partial charge in [0.05, 0.1) is 0 Å². The van der Waals surface area contributed by atoms with Gasteiger partial charge in [-0.15, -0.1) is 0 Å². The van der Waals surface area contributed by atoms with E-state index in [-0.39, 0.29) is 18.7 Å². The van der Waals surface area contributed by atoms with Gasteiger partial charge >= 0.3 is 0 Å². The standard InChI is InChI=1S/C18H17ClN2O2/c19-16-9-7-15(8-10-16)18(23)12-13-20-21(18)17(22)11-6-14-4-2-1-3-5-14/h1-5,7-10,13,23H,6,11-12H2/t18-/m0/s1. The lowest BCUT2D eigenvalue weighted by Crippen LogP contribution is -2.43. The van der Waals surface area contributed by atoms with Crippen LogP contribution in [0.3, 0.4) is 0 Å². The summed E-state index contributed by atoms with van der Waals surface area (Å²) in [6.07, 6.45) is 2.74. The predicted molar refractivity (Wildman–Crippen MR) is 90.1 cm³/mol. The van der Waals surface area contributed by atoms with E-state index in [0.717, 1.165) is 5.56 Å². The van der Waals surface area contributed by atoms with Crippen molar-refractivity contribution in [2.75, 3.05) is 0 Å².